The van der Waals surface area contributed by atoms with Crippen molar-refractivity contribution in [2.75, 3.05) is 0 Å². The fourth-order valence-electron chi connectivity index (χ4n) is 0.517. The van der Waals surface area contributed by atoms with Gasteiger partial charge in [-0.25, -0.2) is 10.1 Å². The van der Waals surface area contributed by atoms with E-state index in [-0.39, 0.29) is 0 Å². The summed E-state index contributed by atoms with van der Waals surface area (Å²) < 4.78 is 0. The van der Waals surface area contributed by atoms with Gasteiger partial charge in [-0.2, -0.15) is 0 Å². The first-order valence-electron chi connectivity index (χ1n) is 2.37. The van der Waals surface area contributed by atoms with Crippen molar-refractivity contribution in [2.24, 2.45) is 0 Å². The van der Waals surface area contributed by atoms with E-state index in [1.807, 2.05) is 5.43 Å². The van der Waals surface area contributed by atoms with Gasteiger partial charge in [-0.3, -0.25) is 0 Å². The zero-order valence-electron chi connectivity index (χ0n) is 4.50. The molecule has 0 fully saturated rings. The third-order valence-electron chi connectivity index (χ3n) is 0.844. The minimum atomic E-state index is -0.613. The van der Waals surface area contributed by atoms with Gasteiger partial charge in [0.25, 0.3) is 0 Å². The van der Waals surface area contributed by atoms with Crippen LogP contribution in [0.15, 0.2) is 12.4 Å². The van der Waals surface area contributed by atoms with E-state index in [4.69, 9.17) is 0 Å². The highest BCUT2D eigenvalue weighted by Crippen LogP contribution is 1.79. The standard InChI is InChI=1S/C3H6N4O2/c8-7(9)6-3-4-1-2-5-3/h1-6H. The molecule has 1 rings (SSSR count). The highest BCUT2D eigenvalue weighted by Gasteiger charge is 2.10. The van der Waals surface area contributed by atoms with Gasteiger partial charge in [-0.1, -0.05) is 5.43 Å². The van der Waals surface area contributed by atoms with Crippen LogP contribution in [-0.2, 0) is 0 Å². The summed E-state index contributed by atoms with van der Waals surface area (Å²) in [6, 6.07) is 0. The molecule has 0 radical (unpaired) electrons. The molecule has 0 aromatic heterocycles. The Hall–Kier alpha value is -1.46. The molecule has 6 nitrogen and oxygen atoms in total. The van der Waals surface area contributed by atoms with Gasteiger partial charge in [-0.05, 0) is 0 Å². The quantitative estimate of drug-likeness (QED) is 0.320. The Bertz CT molecular complexity index is 137. The fourth-order valence-corrected chi connectivity index (χ4v) is 0.517. The predicted octanol–water partition coefficient (Wildman–Crippen LogP) is -1.28. The molecule has 0 atom stereocenters. The third kappa shape index (κ3) is 1.48. The summed E-state index contributed by atoms with van der Waals surface area (Å²) in [4.78, 5) is 9.74. The lowest BCUT2D eigenvalue weighted by Gasteiger charge is -2.06. The average Bonchev–Trinajstić information content (AvgIpc) is 2.15. The van der Waals surface area contributed by atoms with Crippen molar-refractivity contribution < 1.29 is 5.03 Å². The maximum absolute atomic E-state index is 9.74. The topological polar surface area (TPSA) is 79.2 Å². The smallest absolute Gasteiger partial charge is 0.228 e. The molecule has 0 aromatic carbocycles. The third-order valence-corrected chi connectivity index (χ3v) is 0.844. The van der Waals surface area contributed by atoms with Gasteiger partial charge in [-0.15, -0.1) is 0 Å². The van der Waals surface area contributed by atoms with Crippen molar-refractivity contribution in [3.05, 3.63) is 22.5 Å². The zero-order valence-corrected chi connectivity index (χ0v) is 4.50. The molecular weight excluding hydrogens is 124 g/mol. The number of nitrogens with one attached hydrogen (secondary N) is 3. The van der Waals surface area contributed by atoms with Crippen LogP contribution in [0.1, 0.15) is 0 Å². The van der Waals surface area contributed by atoms with Crippen molar-refractivity contribution in [1.29, 1.82) is 0 Å². The second-order valence-corrected chi connectivity index (χ2v) is 1.49. The minimum Gasteiger partial charge on any atom is -0.349 e. The number of nitrogens with zero attached hydrogens (tertiary/aromatic N) is 1. The lowest BCUT2D eigenvalue weighted by molar-refractivity contribution is -0.552. The van der Waals surface area contributed by atoms with E-state index in [0.717, 1.165) is 0 Å². The van der Waals surface area contributed by atoms with Gasteiger partial charge >= 0.3 is 0 Å². The molecule has 3 N–H and O–H groups in total. The summed E-state index contributed by atoms with van der Waals surface area (Å²) >= 11 is 0. The molecule has 1 heterocycles. The lowest BCUT2D eigenvalue weighted by atomic mass is 10.9. The molecule has 50 valence electrons. The van der Waals surface area contributed by atoms with E-state index in [9.17, 15) is 10.1 Å². The molecule has 0 unspecified atom stereocenters. The summed E-state index contributed by atoms with van der Waals surface area (Å²) in [5.74, 6) is 0. The van der Waals surface area contributed by atoms with Crippen LogP contribution in [0.4, 0.5) is 0 Å². The summed E-state index contributed by atoms with van der Waals surface area (Å²) in [6.07, 6.45) is 2.70. The lowest BCUT2D eigenvalue weighted by Crippen LogP contribution is -2.47. The molecule has 0 bridgehead atoms. The van der Waals surface area contributed by atoms with Crippen molar-refractivity contribution in [2.45, 2.75) is 6.29 Å². The van der Waals surface area contributed by atoms with E-state index < -0.39 is 11.3 Å². The molecule has 0 saturated heterocycles. The van der Waals surface area contributed by atoms with E-state index >= 15 is 0 Å². The molecule has 0 amide bonds. The zero-order chi connectivity index (χ0) is 6.69. The number of nitro groups is 1. The number of rotatable bonds is 2. The van der Waals surface area contributed by atoms with E-state index in [1.54, 1.807) is 12.4 Å². The molecule has 0 aliphatic carbocycles. The summed E-state index contributed by atoms with van der Waals surface area (Å²) in [5, 5.41) is 14.4. The molecule has 0 aromatic rings. The van der Waals surface area contributed by atoms with Crippen molar-refractivity contribution >= 4 is 0 Å². The minimum absolute atomic E-state index is 0.472. The van der Waals surface area contributed by atoms with Crippen LogP contribution in [0.3, 0.4) is 0 Å². The van der Waals surface area contributed by atoms with Gasteiger partial charge in [0, 0.05) is 12.4 Å². The Morgan fingerprint density at radius 1 is 1.56 bits per heavy atom. The van der Waals surface area contributed by atoms with Crippen LogP contribution in [0.5, 0.6) is 0 Å². The van der Waals surface area contributed by atoms with Crippen LogP contribution in [0.2, 0.25) is 0 Å². The number of hydrogen-bond donors (Lipinski definition) is 3. The highest BCUT2D eigenvalue weighted by molar-refractivity contribution is 4.87. The number of hydrogen-bond acceptors (Lipinski definition) is 4. The van der Waals surface area contributed by atoms with E-state index in [0.29, 0.717) is 0 Å². The largest absolute Gasteiger partial charge is 0.349 e. The van der Waals surface area contributed by atoms with E-state index in [1.165, 1.54) is 0 Å². The first kappa shape index (κ1) is 5.67. The van der Waals surface area contributed by atoms with E-state index in [2.05, 4.69) is 10.6 Å². The molecule has 1 aliphatic rings. The van der Waals surface area contributed by atoms with Gasteiger partial charge in [0.1, 0.15) is 0 Å². The first-order chi connectivity index (χ1) is 4.29. The van der Waals surface area contributed by atoms with Crippen LogP contribution < -0.4 is 16.1 Å². The molecule has 0 saturated carbocycles. The van der Waals surface area contributed by atoms with Crippen LogP contribution in [-0.4, -0.2) is 11.3 Å². The summed E-state index contributed by atoms with van der Waals surface area (Å²) in [7, 11) is 0. The molecular formula is C3H6N4O2. The SMILES string of the molecule is O=[N+]([O-])NC1NC=CN1. The Morgan fingerprint density at radius 3 is 2.56 bits per heavy atom. The average molecular weight is 130 g/mol. The first-order valence-corrected chi connectivity index (χ1v) is 2.37. The van der Waals surface area contributed by atoms with Gasteiger partial charge in [0.2, 0.25) is 6.29 Å². The monoisotopic (exact) mass is 130 g/mol. The van der Waals surface area contributed by atoms with Gasteiger partial charge < -0.3 is 10.6 Å². The second kappa shape index (κ2) is 2.21. The molecule has 9 heavy (non-hydrogen) atoms. The van der Waals surface area contributed by atoms with Gasteiger partial charge in [0.15, 0.2) is 5.03 Å². The highest BCUT2D eigenvalue weighted by atomic mass is 16.7. The van der Waals surface area contributed by atoms with Crippen LogP contribution in [0.25, 0.3) is 0 Å². The maximum atomic E-state index is 9.74. The summed E-state index contributed by atoms with van der Waals surface area (Å²) in [6.45, 7) is 0. The van der Waals surface area contributed by atoms with Gasteiger partial charge in [0.05, 0.1) is 0 Å². The van der Waals surface area contributed by atoms with Crippen molar-refractivity contribution in [1.82, 2.24) is 16.1 Å². The summed E-state index contributed by atoms with van der Waals surface area (Å²) in [5.41, 5.74) is 1.98. The molecule has 0 spiro atoms. The predicted molar refractivity (Wildman–Crippen MR) is 29.3 cm³/mol. The van der Waals surface area contributed by atoms with Crippen LogP contribution >= 0.6 is 0 Å². The normalized spacial score (nSPS) is 16.4. The fraction of sp³-hybridized carbons (Fsp3) is 0.333. The Labute approximate surface area is 51.0 Å². The molecule has 1 aliphatic heterocycles. The number of hydrazine groups is 1. The second-order valence-electron chi connectivity index (χ2n) is 1.49. The Morgan fingerprint density at radius 2 is 2.11 bits per heavy atom. The Balaban J connectivity index is 2.22. The maximum Gasteiger partial charge on any atom is 0.228 e. The van der Waals surface area contributed by atoms with Crippen molar-refractivity contribution in [3.8, 4) is 0 Å². The van der Waals surface area contributed by atoms with Crippen molar-refractivity contribution in [3.63, 3.8) is 0 Å². The molecule has 6 heteroatoms. The van der Waals surface area contributed by atoms with Crippen LogP contribution in [0, 0.1) is 10.1 Å². The Kier molecular flexibility index (Phi) is 1.39.